The molecule has 0 bridgehead atoms. The molecule has 2 atom stereocenters. The molecule has 22 heavy (non-hydrogen) atoms. The van der Waals surface area contributed by atoms with Gasteiger partial charge in [-0.3, -0.25) is 10.2 Å². The van der Waals surface area contributed by atoms with E-state index in [1.165, 1.54) is 11.1 Å². The molecule has 116 valence electrons. The Kier molecular flexibility index (Phi) is 5.53. The molecule has 0 aromatic heterocycles. The van der Waals surface area contributed by atoms with E-state index >= 15 is 0 Å². The first-order valence-corrected chi connectivity index (χ1v) is 7.72. The summed E-state index contributed by atoms with van der Waals surface area (Å²) in [5.74, 6) is 0.201. The van der Waals surface area contributed by atoms with Crippen molar-refractivity contribution in [3.63, 3.8) is 0 Å². The number of nitrogens with one attached hydrogen (secondary N) is 1. The predicted octanol–water partition coefficient (Wildman–Crippen LogP) is 4.02. The summed E-state index contributed by atoms with van der Waals surface area (Å²) in [6, 6.07) is 21.0. The quantitative estimate of drug-likeness (QED) is 0.613. The summed E-state index contributed by atoms with van der Waals surface area (Å²) in [7, 11) is 4.22. The Labute approximate surface area is 134 Å². The fourth-order valence-corrected chi connectivity index (χ4v) is 2.77. The van der Waals surface area contributed by atoms with Crippen molar-refractivity contribution in [1.82, 2.24) is 10.2 Å². The molecule has 2 rings (SSSR count). The number of rotatable bonds is 7. The number of benzene rings is 2. The zero-order valence-corrected chi connectivity index (χ0v) is 13.8. The average molecular weight is 294 g/mol. The molecule has 2 aromatic rings. The lowest BCUT2D eigenvalue weighted by molar-refractivity contribution is 0.109. The second-order valence-electron chi connectivity index (χ2n) is 6.01. The van der Waals surface area contributed by atoms with Crippen molar-refractivity contribution in [1.29, 1.82) is 0 Å². The molecule has 2 nitrogen and oxygen atoms in total. The van der Waals surface area contributed by atoms with Gasteiger partial charge in [-0.05, 0) is 32.1 Å². The second-order valence-corrected chi connectivity index (χ2v) is 6.01. The molecule has 2 heteroatoms. The third-order valence-corrected chi connectivity index (χ3v) is 4.42. The molecule has 0 saturated carbocycles. The van der Waals surface area contributed by atoms with Gasteiger partial charge < -0.3 is 0 Å². The van der Waals surface area contributed by atoms with Crippen LogP contribution in [0.5, 0.6) is 0 Å². The monoisotopic (exact) mass is 294 g/mol. The molecule has 0 aliphatic rings. The van der Waals surface area contributed by atoms with Crippen molar-refractivity contribution in [2.75, 3.05) is 14.1 Å². The SMILES string of the molecule is C=CC(c1ccccc1)C(C)(NCc1ccccc1)N(C)C. The second kappa shape index (κ2) is 7.39. The van der Waals surface area contributed by atoms with Gasteiger partial charge in [-0.25, -0.2) is 0 Å². The van der Waals surface area contributed by atoms with E-state index in [1.807, 2.05) is 18.2 Å². The van der Waals surface area contributed by atoms with E-state index in [-0.39, 0.29) is 11.6 Å². The Balaban J connectivity index is 2.24. The van der Waals surface area contributed by atoms with Crippen LogP contribution < -0.4 is 5.32 Å². The first-order chi connectivity index (χ1) is 10.6. The van der Waals surface area contributed by atoms with Crippen molar-refractivity contribution < 1.29 is 0 Å². The summed E-state index contributed by atoms with van der Waals surface area (Å²) in [6.07, 6.45) is 2.04. The average Bonchev–Trinajstić information content (AvgIpc) is 2.55. The highest BCUT2D eigenvalue weighted by atomic mass is 15.3. The van der Waals surface area contributed by atoms with Crippen molar-refractivity contribution >= 4 is 0 Å². The maximum absolute atomic E-state index is 4.07. The first kappa shape index (κ1) is 16.5. The molecular weight excluding hydrogens is 268 g/mol. The Hall–Kier alpha value is -1.90. The topological polar surface area (TPSA) is 15.3 Å². The molecule has 0 aliphatic carbocycles. The van der Waals surface area contributed by atoms with E-state index in [0.717, 1.165) is 6.54 Å². The van der Waals surface area contributed by atoms with E-state index in [0.29, 0.717) is 0 Å². The molecule has 0 aliphatic heterocycles. The lowest BCUT2D eigenvalue weighted by Gasteiger charge is -2.43. The van der Waals surface area contributed by atoms with Crippen LogP contribution in [0.2, 0.25) is 0 Å². The summed E-state index contributed by atoms with van der Waals surface area (Å²) >= 11 is 0. The van der Waals surface area contributed by atoms with Crippen molar-refractivity contribution in [3.05, 3.63) is 84.4 Å². The zero-order valence-electron chi connectivity index (χ0n) is 13.8. The molecular formula is C20H26N2. The molecule has 2 unspecified atom stereocenters. The third kappa shape index (κ3) is 3.65. The Morgan fingerprint density at radius 3 is 2.09 bits per heavy atom. The van der Waals surface area contributed by atoms with Crippen molar-refractivity contribution in [3.8, 4) is 0 Å². The maximum atomic E-state index is 4.07. The lowest BCUT2D eigenvalue weighted by atomic mass is 9.86. The summed E-state index contributed by atoms with van der Waals surface area (Å²) in [4.78, 5) is 2.23. The number of likely N-dealkylation sites (N-methyl/N-ethyl adjacent to an activating group) is 1. The maximum Gasteiger partial charge on any atom is 0.0786 e. The van der Waals surface area contributed by atoms with E-state index in [9.17, 15) is 0 Å². The van der Waals surface area contributed by atoms with E-state index in [4.69, 9.17) is 0 Å². The highest BCUT2D eigenvalue weighted by molar-refractivity contribution is 5.28. The number of hydrogen-bond donors (Lipinski definition) is 1. The normalized spacial score (nSPS) is 15.3. The Bertz CT molecular complexity index is 577. The van der Waals surface area contributed by atoms with Crippen LogP contribution >= 0.6 is 0 Å². The van der Waals surface area contributed by atoms with Crippen LogP contribution in [0.15, 0.2) is 73.3 Å². The van der Waals surface area contributed by atoms with Crippen LogP contribution in [0.1, 0.15) is 24.0 Å². The summed E-state index contributed by atoms with van der Waals surface area (Å²) in [5, 5.41) is 3.72. The lowest BCUT2D eigenvalue weighted by Crippen LogP contribution is -2.56. The van der Waals surface area contributed by atoms with Gasteiger partial charge in [0.25, 0.3) is 0 Å². The van der Waals surface area contributed by atoms with Crippen LogP contribution in [-0.4, -0.2) is 24.7 Å². The van der Waals surface area contributed by atoms with Crippen LogP contribution in [0.25, 0.3) is 0 Å². The van der Waals surface area contributed by atoms with E-state index in [2.05, 4.69) is 86.3 Å². The molecule has 0 heterocycles. The van der Waals surface area contributed by atoms with Gasteiger partial charge in [0.05, 0.1) is 5.66 Å². The number of nitrogens with zero attached hydrogens (tertiary/aromatic N) is 1. The smallest absolute Gasteiger partial charge is 0.0786 e. The molecule has 2 aromatic carbocycles. The van der Waals surface area contributed by atoms with Crippen LogP contribution in [0.4, 0.5) is 0 Å². The highest BCUT2D eigenvalue weighted by Crippen LogP contribution is 2.31. The highest BCUT2D eigenvalue weighted by Gasteiger charge is 2.35. The van der Waals surface area contributed by atoms with Gasteiger partial charge in [0, 0.05) is 12.5 Å². The van der Waals surface area contributed by atoms with E-state index < -0.39 is 0 Å². The molecule has 0 amide bonds. The number of hydrogen-bond acceptors (Lipinski definition) is 2. The van der Waals surface area contributed by atoms with Crippen LogP contribution in [-0.2, 0) is 6.54 Å². The predicted molar refractivity (Wildman–Crippen MR) is 94.8 cm³/mol. The summed E-state index contributed by atoms with van der Waals surface area (Å²) in [5.41, 5.74) is 2.35. The van der Waals surface area contributed by atoms with E-state index in [1.54, 1.807) is 0 Å². The van der Waals surface area contributed by atoms with Gasteiger partial charge in [-0.2, -0.15) is 0 Å². The molecule has 0 fully saturated rings. The Morgan fingerprint density at radius 1 is 1.05 bits per heavy atom. The van der Waals surface area contributed by atoms with Gasteiger partial charge in [0.1, 0.15) is 0 Å². The minimum Gasteiger partial charge on any atom is -0.295 e. The van der Waals surface area contributed by atoms with Gasteiger partial charge in [-0.15, -0.1) is 6.58 Å². The third-order valence-electron chi connectivity index (χ3n) is 4.42. The van der Waals surface area contributed by atoms with Gasteiger partial charge in [-0.1, -0.05) is 66.7 Å². The molecule has 0 radical (unpaired) electrons. The van der Waals surface area contributed by atoms with Crippen molar-refractivity contribution in [2.24, 2.45) is 0 Å². The standard InChI is InChI=1S/C20H26N2/c1-5-19(18-14-10-7-11-15-18)20(2,22(3)4)21-16-17-12-8-6-9-13-17/h5-15,19,21H,1,16H2,2-4H3. The van der Waals surface area contributed by atoms with Crippen molar-refractivity contribution in [2.45, 2.75) is 25.0 Å². The Morgan fingerprint density at radius 2 is 1.59 bits per heavy atom. The fourth-order valence-electron chi connectivity index (χ4n) is 2.77. The minimum absolute atomic E-state index is 0.201. The molecule has 0 spiro atoms. The van der Waals surface area contributed by atoms with Crippen LogP contribution in [0.3, 0.4) is 0 Å². The first-order valence-electron chi connectivity index (χ1n) is 7.72. The molecule has 0 saturated heterocycles. The van der Waals surface area contributed by atoms with Gasteiger partial charge >= 0.3 is 0 Å². The molecule has 1 N–H and O–H groups in total. The summed E-state index contributed by atoms with van der Waals surface area (Å²) < 4.78 is 0. The van der Waals surface area contributed by atoms with Gasteiger partial charge in [0.15, 0.2) is 0 Å². The van der Waals surface area contributed by atoms with Crippen LogP contribution in [0, 0.1) is 0 Å². The largest absolute Gasteiger partial charge is 0.295 e. The minimum atomic E-state index is -0.209. The zero-order chi connectivity index (χ0) is 16.0. The summed E-state index contributed by atoms with van der Waals surface area (Å²) in [6.45, 7) is 7.13. The van der Waals surface area contributed by atoms with Gasteiger partial charge in [0.2, 0.25) is 0 Å². The fraction of sp³-hybridized carbons (Fsp3) is 0.300.